The van der Waals surface area contributed by atoms with Crippen molar-refractivity contribution in [1.82, 2.24) is 18.8 Å². The van der Waals surface area contributed by atoms with Gasteiger partial charge in [0.25, 0.3) is 11.1 Å². The third kappa shape index (κ3) is 1.60. The highest BCUT2D eigenvalue weighted by molar-refractivity contribution is 5.96. The molecule has 3 aromatic rings. The third-order valence-corrected chi connectivity index (χ3v) is 3.14. The zero-order valence-corrected chi connectivity index (χ0v) is 11.4. The normalized spacial score (nSPS) is 11.0. The summed E-state index contributed by atoms with van der Waals surface area (Å²) in [6.45, 7) is 0. The summed E-state index contributed by atoms with van der Waals surface area (Å²) in [7, 11) is 2.25. The van der Waals surface area contributed by atoms with Gasteiger partial charge in [-0.25, -0.2) is 19.6 Å². The maximum atomic E-state index is 12.4. The Morgan fingerprint density at radius 1 is 0.864 bits per heavy atom. The fraction of sp³-hybridized carbons (Fsp3) is 0.167. The summed E-state index contributed by atoms with van der Waals surface area (Å²) in [5.41, 5.74) is -2.54. The molecule has 3 heterocycles. The van der Waals surface area contributed by atoms with Crippen molar-refractivity contribution >= 4 is 23.0 Å². The van der Waals surface area contributed by atoms with Crippen molar-refractivity contribution in [1.29, 1.82) is 0 Å². The number of hydrogen-bond acceptors (Lipinski definition) is 8. The van der Waals surface area contributed by atoms with Crippen LogP contribution in [0.1, 0.15) is 21.0 Å². The zero-order chi connectivity index (χ0) is 16.0. The lowest BCUT2D eigenvalue weighted by atomic mass is 10.3. The Morgan fingerprint density at radius 2 is 1.23 bits per heavy atom. The molecule has 0 aliphatic heterocycles. The Hall–Kier alpha value is -3.30. The first-order chi connectivity index (χ1) is 10.5. The molecule has 0 spiro atoms. The second kappa shape index (κ2) is 4.62. The quantitative estimate of drug-likeness (QED) is 0.536. The SMILES string of the molecule is COC(=O)c1ncn2c(=O)c3c(C(=O)OC)ncn3c(=O)c12. The fourth-order valence-electron chi connectivity index (χ4n) is 2.13. The molecular formula is C12H8N4O6. The molecule has 10 heteroatoms. The van der Waals surface area contributed by atoms with Crippen LogP contribution in [0.15, 0.2) is 22.2 Å². The monoisotopic (exact) mass is 304 g/mol. The molecule has 0 aromatic carbocycles. The second-order valence-corrected chi connectivity index (χ2v) is 4.22. The number of nitrogens with zero attached hydrogens (tertiary/aromatic N) is 4. The van der Waals surface area contributed by atoms with Crippen LogP contribution in [0.5, 0.6) is 0 Å². The van der Waals surface area contributed by atoms with Gasteiger partial charge in [-0.2, -0.15) is 0 Å². The fourth-order valence-corrected chi connectivity index (χ4v) is 2.13. The number of esters is 2. The minimum atomic E-state index is -0.855. The van der Waals surface area contributed by atoms with Crippen molar-refractivity contribution in [2.75, 3.05) is 14.2 Å². The van der Waals surface area contributed by atoms with E-state index in [1.54, 1.807) is 0 Å². The molecule has 3 aromatic heterocycles. The third-order valence-electron chi connectivity index (χ3n) is 3.14. The summed E-state index contributed by atoms with van der Waals surface area (Å²) in [4.78, 5) is 55.5. The van der Waals surface area contributed by atoms with Crippen LogP contribution >= 0.6 is 0 Å². The molecule has 22 heavy (non-hydrogen) atoms. The number of fused-ring (bicyclic) bond motifs is 2. The van der Waals surface area contributed by atoms with Gasteiger partial charge in [-0.3, -0.25) is 18.4 Å². The first kappa shape index (κ1) is 13.7. The molecular weight excluding hydrogens is 296 g/mol. The largest absolute Gasteiger partial charge is 0.464 e. The minimum absolute atomic E-state index is 0.252. The van der Waals surface area contributed by atoms with Crippen LogP contribution in [0.4, 0.5) is 0 Å². The van der Waals surface area contributed by atoms with Crippen LogP contribution in [0, 0.1) is 0 Å². The average molecular weight is 304 g/mol. The Bertz CT molecular complexity index is 949. The molecule has 0 N–H and O–H groups in total. The lowest BCUT2D eigenvalue weighted by molar-refractivity contribution is 0.0587. The van der Waals surface area contributed by atoms with Gasteiger partial charge in [0, 0.05) is 0 Å². The topological polar surface area (TPSA) is 121 Å². The number of methoxy groups -OCH3 is 2. The van der Waals surface area contributed by atoms with Gasteiger partial charge in [0.15, 0.2) is 11.4 Å². The van der Waals surface area contributed by atoms with Gasteiger partial charge in [0.1, 0.15) is 23.7 Å². The standard InChI is InChI=1S/C12H8N4O6/c1-21-11(19)5-7-9(17)16-4-14-6(12(20)22-2)8(16)10(18)15(7)3-13-5/h3-4H,1-2H3. The van der Waals surface area contributed by atoms with E-state index >= 15 is 0 Å². The summed E-state index contributed by atoms with van der Waals surface area (Å²) < 4.78 is 10.8. The first-order valence-electron chi connectivity index (χ1n) is 5.92. The number of imidazole rings is 2. The van der Waals surface area contributed by atoms with Gasteiger partial charge in [0.05, 0.1) is 14.2 Å². The Balaban J connectivity index is 2.51. The van der Waals surface area contributed by atoms with Crippen LogP contribution in [0.3, 0.4) is 0 Å². The zero-order valence-electron chi connectivity index (χ0n) is 11.4. The second-order valence-electron chi connectivity index (χ2n) is 4.22. The summed E-state index contributed by atoms with van der Waals surface area (Å²) in [6.07, 6.45) is 2.03. The summed E-state index contributed by atoms with van der Waals surface area (Å²) >= 11 is 0. The van der Waals surface area contributed by atoms with Crippen molar-refractivity contribution in [2.24, 2.45) is 0 Å². The van der Waals surface area contributed by atoms with Gasteiger partial charge in [0.2, 0.25) is 0 Å². The molecule has 0 saturated heterocycles. The maximum Gasteiger partial charge on any atom is 0.359 e. The van der Waals surface area contributed by atoms with E-state index in [0.717, 1.165) is 35.7 Å². The lowest BCUT2D eigenvalue weighted by Gasteiger charge is -1.99. The Morgan fingerprint density at radius 3 is 1.55 bits per heavy atom. The van der Waals surface area contributed by atoms with E-state index in [0.29, 0.717) is 0 Å². The maximum absolute atomic E-state index is 12.4. The van der Waals surface area contributed by atoms with E-state index in [4.69, 9.17) is 0 Å². The molecule has 0 aliphatic rings. The van der Waals surface area contributed by atoms with Gasteiger partial charge < -0.3 is 9.47 Å². The van der Waals surface area contributed by atoms with Gasteiger partial charge in [-0.15, -0.1) is 0 Å². The van der Waals surface area contributed by atoms with Crippen molar-refractivity contribution in [2.45, 2.75) is 0 Å². The Labute approximate surface area is 120 Å². The van der Waals surface area contributed by atoms with Crippen molar-refractivity contribution in [3.8, 4) is 0 Å². The molecule has 0 aliphatic carbocycles. The molecule has 3 rings (SSSR count). The van der Waals surface area contributed by atoms with Gasteiger partial charge in [-0.05, 0) is 0 Å². The highest BCUT2D eigenvalue weighted by Gasteiger charge is 2.25. The number of carbonyl (C=O) groups is 2. The highest BCUT2D eigenvalue weighted by Crippen LogP contribution is 2.09. The molecule has 0 unspecified atom stereocenters. The predicted octanol–water partition coefficient (Wildman–Crippen LogP) is -1.29. The van der Waals surface area contributed by atoms with E-state index in [-0.39, 0.29) is 22.4 Å². The van der Waals surface area contributed by atoms with Gasteiger partial charge in [-0.1, -0.05) is 0 Å². The van der Waals surface area contributed by atoms with Gasteiger partial charge >= 0.3 is 11.9 Å². The molecule has 112 valence electrons. The van der Waals surface area contributed by atoms with Crippen molar-refractivity contribution < 1.29 is 19.1 Å². The van der Waals surface area contributed by atoms with Crippen LogP contribution in [0.25, 0.3) is 11.0 Å². The van der Waals surface area contributed by atoms with Crippen LogP contribution < -0.4 is 11.1 Å². The number of rotatable bonds is 2. The van der Waals surface area contributed by atoms with Crippen LogP contribution in [0.2, 0.25) is 0 Å². The van der Waals surface area contributed by atoms with E-state index < -0.39 is 23.1 Å². The van der Waals surface area contributed by atoms with Crippen LogP contribution in [-0.2, 0) is 9.47 Å². The highest BCUT2D eigenvalue weighted by atomic mass is 16.5. The summed E-state index contributed by atoms with van der Waals surface area (Å²) in [6, 6.07) is 0. The van der Waals surface area contributed by atoms with E-state index in [9.17, 15) is 19.2 Å². The van der Waals surface area contributed by atoms with Crippen molar-refractivity contribution in [3.63, 3.8) is 0 Å². The van der Waals surface area contributed by atoms with E-state index in [1.807, 2.05) is 0 Å². The molecule has 0 radical (unpaired) electrons. The molecule has 0 saturated carbocycles. The van der Waals surface area contributed by atoms with E-state index in [1.165, 1.54) is 0 Å². The average Bonchev–Trinajstić information content (AvgIpc) is 3.15. The van der Waals surface area contributed by atoms with E-state index in [2.05, 4.69) is 19.4 Å². The summed E-state index contributed by atoms with van der Waals surface area (Å²) in [5, 5.41) is 0. The number of aromatic nitrogens is 4. The Kier molecular flexibility index (Phi) is 2.87. The number of ether oxygens (including phenoxy) is 2. The molecule has 0 amide bonds. The van der Waals surface area contributed by atoms with Crippen molar-refractivity contribution in [3.05, 3.63) is 44.8 Å². The minimum Gasteiger partial charge on any atom is -0.464 e. The molecule has 10 nitrogen and oxygen atoms in total. The summed E-state index contributed by atoms with van der Waals surface area (Å²) in [5.74, 6) is -1.71. The first-order valence-corrected chi connectivity index (χ1v) is 5.92. The van der Waals surface area contributed by atoms with Crippen LogP contribution in [-0.4, -0.2) is 44.9 Å². The lowest BCUT2D eigenvalue weighted by Crippen LogP contribution is -2.27. The number of carbonyl (C=O) groups excluding carboxylic acids is 2. The molecule has 0 atom stereocenters. The smallest absolute Gasteiger partial charge is 0.359 e. The molecule has 0 fully saturated rings. The predicted molar refractivity (Wildman–Crippen MR) is 70.3 cm³/mol. The molecule has 0 bridgehead atoms. The number of hydrogen-bond donors (Lipinski definition) is 0.